The van der Waals surface area contributed by atoms with Gasteiger partial charge in [0.2, 0.25) is 0 Å². The minimum Gasteiger partial charge on any atom is -0.497 e. The molecule has 0 bridgehead atoms. The van der Waals surface area contributed by atoms with Crippen LogP contribution in [0.1, 0.15) is 16.2 Å². The highest BCUT2D eigenvalue weighted by molar-refractivity contribution is 6.04. The number of ether oxygens (including phenoxy) is 3. The largest absolute Gasteiger partial charge is 0.497 e. The maximum atomic E-state index is 12.7. The smallest absolute Gasteiger partial charge is 0.257 e. The second-order valence-electron chi connectivity index (χ2n) is 6.82. The van der Waals surface area contributed by atoms with Gasteiger partial charge >= 0.3 is 0 Å². The van der Waals surface area contributed by atoms with Gasteiger partial charge in [-0.2, -0.15) is 4.98 Å². The monoisotopic (exact) mass is 431 g/mol. The van der Waals surface area contributed by atoms with E-state index in [1.54, 1.807) is 87.9 Å². The molecule has 1 heterocycles. The molecular formula is C24H21N3O5. The summed E-state index contributed by atoms with van der Waals surface area (Å²) in [4.78, 5) is 16.9. The van der Waals surface area contributed by atoms with Crippen LogP contribution in [0.25, 0.3) is 11.5 Å². The summed E-state index contributed by atoms with van der Waals surface area (Å²) in [5.74, 6) is 3.04. The highest BCUT2D eigenvalue weighted by Gasteiger charge is 2.12. The van der Waals surface area contributed by atoms with E-state index in [-0.39, 0.29) is 5.91 Å². The molecule has 0 unspecified atom stereocenters. The maximum Gasteiger partial charge on any atom is 0.257 e. The third-order valence-corrected chi connectivity index (χ3v) is 4.63. The van der Waals surface area contributed by atoms with Crippen molar-refractivity contribution in [3.63, 3.8) is 0 Å². The lowest BCUT2D eigenvalue weighted by Gasteiger charge is -2.13. The number of carbonyl (C=O) groups is 1. The Morgan fingerprint density at radius 2 is 1.59 bits per heavy atom. The molecule has 8 heteroatoms. The van der Waals surface area contributed by atoms with Gasteiger partial charge in [-0.25, -0.2) is 0 Å². The number of nitrogens with zero attached hydrogens (tertiary/aromatic N) is 2. The lowest BCUT2D eigenvalue weighted by atomic mass is 10.1. The van der Waals surface area contributed by atoms with Crippen LogP contribution in [-0.2, 0) is 0 Å². The number of methoxy groups -OCH3 is 2. The van der Waals surface area contributed by atoms with Crippen LogP contribution < -0.4 is 19.5 Å². The van der Waals surface area contributed by atoms with Crippen LogP contribution in [-0.4, -0.2) is 30.3 Å². The number of aryl methyl sites for hydroxylation is 1. The number of carbonyl (C=O) groups excluding carboxylic acids is 1. The second kappa shape index (κ2) is 9.22. The number of hydrogen-bond acceptors (Lipinski definition) is 7. The zero-order chi connectivity index (χ0) is 22.5. The molecule has 4 rings (SSSR count). The van der Waals surface area contributed by atoms with Crippen molar-refractivity contribution in [2.24, 2.45) is 0 Å². The van der Waals surface area contributed by atoms with E-state index in [0.29, 0.717) is 40.2 Å². The zero-order valence-electron chi connectivity index (χ0n) is 17.8. The molecule has 0 radical (unpaired) electrons. The summed E-state index contributed by atoms with van der Waals surface area (Å²) < 4.78 is 21.6. The lowest BCUT2D eigenvalue weighted by Crippen LogP contribution is -2.11. The molecule has 4 aromatic rings. The Labute approximate surface area is 184 Å². The number of anilines is 1. The molecule has 3 aromatic carbocycles. The van der Waals surface area contributed by atoms with E-state index in [1.807, 2.05) is 0 Å². The fraction of sp³-hybridized carbons (Fsp3) is 0.125. The van der Waals surface area contributed by atoms with Gasteiger partial charge < -0.3 is 24.1 Å². The van der Waals surface area contributed by atoms with Crippen molar-refractivity contribution in [2.75, 3.05) is 19.5 Å². The molecule has 32 heavy (non-hydrogen) atoms. The van der Waals surface area contributed by atoms with Gasteiger partial charge in [-0.05, 0) is 67.6 Å². The number of amides is 1. The van der Waals surface area contributed by atoms with Gasteiger partial charge in [0.1, 0.15) is 11.5 Å². The second-order valence-corrected chi connectivity index (χ2v) is 6.82. The van der Waals surface area contributed by atoms with Crippen LogP contribution in [0.3, 0.4) is 0 Å². The Morgan fingerprint density at radius 1 is 0.875 bits per heavy atom. The lowest BCUT2D eigenvalue weighted by molar-refractivity contribution is 0.102. The summed E-state index contributed by atoms with van der Waals surface area (Å²) in [6, 6.07) is 19.3. The molecule has 0 saturated carbocycles. The molecule has 0 spiro atoms. The summed E-state index contributed by atoms with van der Waals surface area (Å²) in [5.41, 5.74) is 1.79. The number of rotatable bonds is 7. The fourth-order valence-electron chi connectivity index (χ4n) is 2.99. The molecule has 0 fully saturated rings. The molecule has 0 atom stereocenters. The van der Waals surface area contributed by atoms with E-state index >= 15 is 0 Å². The van der Waals surface area contributed by atoms with Gasteiger partial charge in [-0.1, -0.05) is 5.16 Å². The van der Waals surface area contributed by atoms with Gasteiger partial charge in [0.05, 0.1) is 14.2 Å². The first-order valence-electron chi connectivity index (χ1n) is 9.78. The average Bonchev–Trinajstić information content (AvgIpc) is 3.26. The molecule has 0 aliphatic carbocycles. The number of nitrogens with one attached hydrogen (secondary N) is 1. The van der Waals surface area contributed by atoms with Crippen LogP contribution >= 0.6 is 0 Å². The predicted octanol–water partition coefficient (Wildman–Crippen LogP) is 5.11. The molecule has 1 aromatic heterocycles. The van der Waals surface area contributed by atoms with Crippen molar-refractivity contribution in [3.05, 3.63) is 78.1 Å². The van der Waals surface area contributed by atoms with E-state index in [9.17, 15) is 4.79 Å². The Bertz CT molecular complexity index is 1220. The first-order chi connectivity index (χ1) is 15.6. The van der Waals surface area contributed by atoms with Gasteiger partial charge in [0.15, 0.2) is 17.3 Å². The van der Waals surface area contributed by atoms with Crippen molar-refractivity contribution in [1.82, 2.24) is 10.1 Å². The SMILES string of the molecule is COc1ccc(Oc2cc(NC(=O)c3ccc(-c4nc(C)no4)cc3)ccc2OC)cc1. The Balaban J connectivity index is 1.49. The van der Waals surface area contributed by atoms with E-state index in [4.69, 9.17) is 18.7 Å². The molecule has 162 valence electrons. The topological polar surface area (TPSA) is 95.7 Å². The predicted molar refractivity (Wildman–Crippen MR) is 118 cm³/mol. The summed E-state index contributed by atoms with van der Waals surface area (Å²) in [6.45, 7) is 1.75. The molecule has 8 nitrogen and oxygen atoms in total. The number of aromatic nitrogens is 2. The summed E-state index contributed by atoms with van der Waals surface area (Å²) in [6.07, 6.45) is 0. The third kappa shape index (κ3) is 4.70. The first-order valence-corrected chi connectivity index (χ1v) is 9.78. The van der Waals surface area contributed by atoms with Gasteiger partial charge in [-0.3, -0.25) is 4.79 Å². The highest BCUT2D eigenvalue weighted by Crippen LogP contribution is 2.34. The molecular weight excluding hydrogens is 410 g/mol. The van der Waals surface area contributed by atoms with Gasteiger partial charge in [0, 0.05) is 22.9 Å². The summed E-state index contributed by atoms with van der Waals surface area (Å²) in [5, 5.41) is 6.64. The zero-order valence-corrected chi connectivity index (χ0v) is 17.8. The third-order valence-electron chi connectivity index (χ3n) is 4.63. The Hall–Kier alpha value is -4.33. The van der Waals surface area contributed by atoms with Crippen LogP contribution in [0.5, 0.6) is 23.0 Å². The van der Waals surface area contributed by atoms with Crippen LogP contribution in [0.2, 0.25) is 0 Å². The van der Waals surface area contributed by atoms with E-state index < -0.39 is 0 Å². The van der Waals surface area contributed by atoms with Gasteiger partial charge in [-0.15, -0.1) is 0 Å². The van der Waals surface area contributed by atoms with E-state index in [0.717, 1.165) is 11.3 Å². The van der Waals surface area contributed by atoms with Crippen molar-refractivity contribution < 1.29 is 23.5 Å². The maximum absolute atomic E-state index is 12.7. The molecule has 1 amide bonds. The van der Waals surface area contributed by atoms with Crippen molar-refractivity contribution in [2.45, 2.75) is 6.92 Å². The quantitative estimate of drug-likeness (QED) is 0.434. The minimum absolute atomic E-state index is 0.265. The van der Waals surface area contributed by atoms with Crippen molar-refractivity contribution >= 4 is 11.6 Å². The summed E-state index contributed by atoms with van der Waals surface area (Å²) >= 11 is 0. The Kier molecular flexibility index (Phi) is 6.03. The number of benzene rings is 3. The summed E-state index contributed by atoms with van der Waals surface area (Å²) in [7, 11) is 3.16. The normalized spacial score (nSPS) is 10.5. The number of hydrogen-bond donors (Lipinski definition) is 1. The molecule has 0 aliphatic heterocycles. The van der Waals surface area contributed by atoms with E-state index in [1.165, 1.54) is 0 Å². The van der Waals surface area contributed by atoms with Crippen molar-refractivity contribution in [3.8, 4) is 34.5 Å². The fourth-order valence-corrected chi connectivity index (χ4v) is 2.99. The van der Waals surface area contributed by atoms with Crippen LogP contribution in [0.15, 0.2) is 71.3 Å². The molecule has 0 saturated heterocycles. The van der Waals surface area contributed by atoms with Gasteiger partial charge in [0.25, 0.3) is 11.8 Å². The van der Waals surface area contributed by atoms with Crippen molar-refractivity contribution in [1.29, 1.82) is 0 Å². The van der Waals surface area contributed by atoms with Crippen LogP contribution in [0.4, 0.5) is 5.69 Å². The average molecular weight is 431 g/mol. The minimum atomic E-state index is -0.265. The van der Waals surface area contributed by atoms with Crippen LogP contribution in [0, 0.1) is 6.92 Å². The van der Waals surface area contributed by atoms with E-state index in [2.05, 4.69) is 15.5 Å². The molecule has 0 aliphatic rings. The highest BCUT2D eigenvalue weighted by atomic mass is 16.5. The standard InChI is InChI=1S/C24H21N3O5/c1-15-25-24(32-27-15)17-6-4-16(5-7-17)23(28)26-18-8-13-21(30-3)22(14-18)31-20-11-9-19(29-2)10-12-20/h4-14H,1-3H3,(H,26,28). The first kappa shape index (κ1) is 20.9. The molecule has 1 N–H and O–H groups in total. The Morgan fingerprint density at radius 3 is 2.22 bits per heavy atom.